The molecule has 0 aliphatic rings. The highest BCUT2D eigenvalue weighted by atomic mass is 35.5. The Bertz CT molecular complexity index is 1240. The van der Waals surface area contributed by atoms with Crippen LogP contribution in [0.25, 0.3) is 21.3 Å². The number of thioether (sulfide) groups is 1. The molecule has 1 amide bonds. The molecule has 8 heteroatoms. The molecule has 0 fully saturated rings. The Morgan fingerprint density at radius 1 is 1.17 bits per heavy atom. The summed E-state index contributed by atoms with van der Waals surface area (Å²) in [4.78, 5) is 33.2. The Kier molecular flexibility index (Phi) is 5.71. The van der Waals surface area contributed by atoms with Gasteiger partial charge in [0, 0.05) is 10.9 Å². The molecule has 0 radical (unpaired) electrons. The van der Waals surface area contributed by atoms with Gasteiger partial charge in [0.25, 0.3) is 5.56 Å². The van der Waals surface area contributed by atoms with Crippen LogP contribution in [0.15, 0.2) is 69.9 Å². The number of aromatic amines is 1. The fourth-order valence-electron chi connectivity index (χ4n) is 2.83. The topological polar surface area (TPSA) is 74.8 Å². The summed E-state index contributed by atoms with van der Waals surface area (Å²) in [6.45, 7) is 1.75. The van der Waals surface area contributed by atoms with Crippen LogP contribution in [0, 0.1) is 0 Å². The molecule has 4 aromatic rings. The molecule has 4 rings (SSSR count). The van der Waals surface area contributed by atoms with Gasteiger partial charge in [0.2, 0.25) is 5.91 Å². The van der Waals surface area contributed by atoms with Crippen molar-refractivity contribution in [2.24, 2.45) is 0 Å². The number of fused-ring (bicyclic) bond motifs is 1. The van der Waals surface area contributed by atoms with Crippen LogP contribution in [0.3, 0.4) is 0 Å². The van der Waals surface area contributed by atoms with Crippen molar-refractivity contribution in [3.63, 3.8) is 0 Å². The number of amides is 1. The highest BCUT2D eigenvalue weighted by molar-refractivity contribution is 8.00. The summed E-state index contributed by atoms with van der Waals surface area (Å²) in [7, 11) is 0. The first-order valence-corrected chi connectivity index (χ1v) is 11.0. The fourth-order valence-corrected chi connectivity index (χ4v) is 4.82. The van der Waals surface area contributed by atoms with Crippen LogP contribution < -0.4 is 10.9 Å². The second-order valence-electron chi connectivity index (χ2n) is 6.30. The van der Waals surface area contributed by atoms with Crippen LogP contribution in [0.2, 0.25) is 5.02 Å². The monoisotopic (exact) mass is 441 g/mol. The van der Waals surface area contributed by atoms with Gasteiger partial charge < -0.3 is 10.3 Å². The molecule has 2 N–H and O–H groups in total. The van der Waals surface area contributed by atoms with Gasteiger partial charge in [-0.1, -0.05) is 65.8 Å². The number of nitrogens with zero attached hydrogens (tertiary/aromatic N) is 1. The Morgan fingerprint density at radius 2 is 1.90 bits per heavy atom. The van der Waals surface area contributed by atoms with Gasteiger partial charge in [-0.2, -0.15) is 0 Å². The van der Waals surface area contributed by atoms with E-state index in [0.29, 0.717) is 26.1 Å². The zero-order valence-corrected chi connectivity index (χ0v) is 17.7. The van der Waals surface area contributed by atoms with Crippen molar-refractivity contribution in [3.8, 4) is 11.1 Å². The lowest BCUT2D eigenvalue weighted by atomic mass is 10.1. The summed E-state index contributed by atoms with van der Waals surface area (Å²) >= 11 is 8.70. The minimum atomic E-state index is -0.472. The summed E-state index contributed by atoms with van der Waals surface area (Å²) in [5.74, 6) is -0.220. The first kappa shape index (κ1) is 19.7. The maximum Gasteiger partial charge on any atom is 0.260 e. The molecule has 0 aliphatic heterocycles. The van der Waals surface area contributed by atoms with Gasteiger partial charge in [-0.15, -0.1) is 11.3 Å². The van der Waals surface area contributed by atoms with Crippen molar-refractivity contribution in [2.75, 3.05) is 5.32 Å². The molecule has 5 nitrogen and oxygen atoms in total. The summed E-state index contributed by atoms with van der Waals surface area (Å²) in [5.41, 5.74) is 2.17. The van der Waals surface area contributed by atoms with Gasteiger partial charge in [0.15, 0.2) is 5.16 Å². The number of carbonyl (C=O) groups is 1. The van der Waals surface area contributed by atoms with Crippen molar-refractivity contribution in [2.45, 2.75) is 17.3 Å². The molecule has 29 heavy (non-hydrogen) atoms. The average molecular weight is 442 g/mol. The molecule has 0 bridgehead atoms. The number of rotatable bonds is 5. The number of thiophene rings is 1. The smallest absolute Gasteiger partial charge is 0.260 e. The number of benzene rings is 2. The lowest BCUT2D eigenvalue weighted by Crippen LogP contribution is -2.23. The van der Waals surface area contributed by atoms with E-state index in [4.69, 9.17) is 11.6 Å². The van der Waals surface area contributed by atoms with Crippen LogP contribution in [0.4, 0.5) is 5.69 Å². The molecule has 2 aromatic heterocycles. The minimum Gasteiger partial charge on any atom is -0.324 e. The predicted octanol–water partition coefficient (Wildman–Crippen LogP) is 5.42. The molecule has 0 aliphatic carbocycles. The number of halogens is 1. The fraction of sp³-hybridized carbons (Fsp3) is 0.0952. The number of hydrogen-bond acceptors (Lipinski definition) is 5. The van der Waals surface area contributed by atoms with E-state index in [1.54, 1.807) is 31.2 Å². The molecule has 0 saturated heterocycles. The number of anilines is 1. The largest absolute Gasteiger partial charge is 0.324 e. The third-order valence-electron chi connectivity index (χ3n) is 4.30. The predicted molar refractivity (Wildman–Crippen MR) is 121 cm³/mol. The maximum absolute atomic E-state index is 12.7. The maximum atomic E-state index is 12.7. The van der Waals surface area contributed by atoms with Gasteiger partial charge in [-0.25, -0.2) is 4.98 Å². The van der Waals surface area contributed by atoms with E-state index < -0.39 is 5.25 Å². The molecule has 0 saturated carbocycles. The van der Waals surface area contributed by atoms with E-state index in [-0.39, 0.29) is 11.5 Å². The zero-order chi connectivity index (χ0) is 20.4. The third-order valence-corrected chi connectivity index (χ3v) is 6.48. The molecular weight excluding hydrogens is 426 g/mol. The number of carbonyl (C=O) groups excluding carboxylic acids is 1. The number of H-pyrrole nitrogens is 1. The van der Waals surface area contributed by atoms with Crippen molar-refractivity contribution >= 4 is 56.5 Å². The average Bonchev–Trinajstić information content (AvgIpc) is 3.15. The van der Waals surface area contributed by atoms with Gasteiger partial charge in [-0.3, -0.25) is 9.59 Å². The first-order chi connectivity index (χ1) is 14.0. The van der Waals surface area contributed by atoms with Gasteiger partial charge >= 0.3 is 0 Å². The van der Waals surface area contributed by atoms with Crippen LogP contribution in [-0.4, -0.2) is 21.1 Å². The Labute approximate surface area is 180 Å². The lowest BCUT2D eigenvalue weighted by Gasteiger charge is -2.12. The summed E-state index contributed by atoms with van der Waals surface area (Å²) in [6, 6.07) is 16.8. The molecule has 1 atom stereocenters. The quantitative estimate of drug-likeness (QED) is 0.320. The van der Waals surface area contributed by atoms with Crippen LogP contribution in [-0.2, 0) is 4.79 Å². The highest BCUT2D eigenvalue weighted by Crippen LogP contribution is 2.32. The molecule has 1 unspecified atom stereocenters. The van der Waals surface area contributed by atoms with E-state index >= 15 is 0 Å². The molecule has 146 valence electrons. The van der Waals surface area contributed by atoms with Crippen molar-refractivity contribution in [1.82, 2.24) is 9.97 Å². The second kappa shape index (κ2) is 8.41. The Balaban J connectivity index is 1.56. The van der Waals surface area contributed by atoms with Gasteiger partial charge in [-0.05, 0) is 24.6 Å². The number of hydrogen-bond donors (Lipinski definition) is 2. The molecule has 2 aromatic carbocycles. The number of para-hydroxylation sites is 1. The van der Waals surface area contributed by atoms with Gasteiger partial charge in [0.1, 0.15) is 4.83 Å². The van der Waals surface area contributed by atoms with Gasteiger partial charge in [0.05, 0.1) is 21.3 Å². The van der Waals surface area contributed by atoms with Crippen LogP contribution in [0.5, 0.6) is 0 Å². The third kappa shape index (κ3) is 4.22. The van der Waals surface area contributed by atoms with Crippen molar-refractivity contribution in [1.29, 1.82) is 0 Å². The van der Waals surface area contributed by atoms with Crippen LogP contribution in [0.1, 0.15) is 6.92 Å². The first-order valence-electron chi connectivity index (χ1n) is 8.82. The van der Waals surface area contributed by atoms with E-state index in [1.165, 1.54) is 23.1 Å². The van der Waals surface area contributed by atoms with E-state index in [2.05, 4.69) is 15.3 Å². The second-order valence-corrected chi connectivity index (χ2v) is 8.89. The van der Waals surface area contributed by atoms with Crippen molar-refractivity contribution in [3.05, 3.63) is 75.4 Å². The van der Waals surface area contributed by atoms with Crippen LogP contribution >= 0.6 is 34.7 Å². The summed E-state index contributed by atoms with van der Waals surface area (Å²) < 4.78 is 0. The van der Waals surface area contributed by atoms with E-state index in [1.807, 2.05) is 35.7 Å². The molecule has 0 spiro atoms. The number of nitrogens with one attached hydrogen (secondary N) is 2. The summed E-state index contributed by atoms with van der Waals surface area (Å²) in [6.07, 6.45) is 0. The molecular formula is C21H16ClN3O2S2. The molecule has 2 heterocycles. The van der Waals surface area contributed by atoms with E-state index in [0.717, 1.165) is 11.1 Å². The standard InChI is InChI=1S/C21H16ClN3O2S2/c1-12(18(26)23-16-10-6-5-9-15(16)22)29-21-24-19(27)17-14(11-28-20(17)25-21)13-7-3-2-4-8-13/h2-12H,1H3,(H,23,26)(H,24,25,27). The van der Waals surface area contributed by atoms with E-state index in [9.17, 15) is 9.59 Å². The Morgan fingerprint density at radius 3 is 2.66 bits per heavy atom. The minimum absolute atomic E-state index is 0.212. The number of aromatic nitrogens is 2. The lowest BCUT2D eigenvalue weighted by molar-refractivity contribution is -0.115. The normalized spacial score (nSPS) is 12.1. The highest BCUT2D eigenvalue weighted by Gasteiger charge is 2.19. The SMILES string of the molecule is CC(Sc1nc2scc(-c3ccccc3)c2c(=O)[nH]1)C(=O)Nc1ccccc1Cl. The Hall–Kier alpha value is -2.61. The van der Waals surface area contributed by atoms with Crippen molar-refractivity contribution < 1.29 is 4.79 Å². The zero-order valence-electron chi connectivity index (χ0n) is 15.3. The summed E-state index contributed by atoms with van der Waals surface area (Å²) in [5, 5.41) is 5.71.